The van der Waals surface area contributed by atoms with Gasteiger partial charge in [0.25, 0.3) is 0 Å². The van der Waals surface area contributed by atoms with Crippen molar-refractivity contribution in [3.8, 4) is 23.0 Å². The molecule has 0 aliphatic rings. The molecule has 0 fully saturated rings. The van der Waals surface area contributed by atoms with Gasteiger partial charge in [-0.25, -0.2) is 0 Å². The van der Waals surface area contributed by atoms with E-state index in [4.69, 9.17) is 9.47 Å². The van der Waals surface area contributed by atoms with Crippen LogP contribution in [0.2, 0.25) is 0 Å². The van der Waals surface area contributed by atoms with E-state index in [1.807, 2.05) is 0 Å². The Morgan fingerprint density at radius 3 is 2.33 bits per heavy atom. The summed E-state index contributed by atoms with van der Waals surface area (Å²) in [6, 6.07) is 9.38. The van der Waals surface area contributed by atoms with Crippen LogP contribution in [-0.4, -0.2) is 30.7 Å². The van der Waals surface area contributed by atoms with Crippen LogP contribution >= 0.6 is 0 Å². The number of carbonyl (C=O) groups is 1. The minimum Gasteiger partial charge on any atom is -0.507 e. The zero-order valence-corrected chi connectivity index (χ0v) is 11.7. The number of benzene rings is 2. The van der Waals surface area contributed by atoms with Gasteiger partial charge in [-0.05, 0) is 23.8 Å². The third-order valence-corrected chi connectivity index (χ3v) is 3.27. The summed E-state index contributed by atoms with van der Waals surface area (Å²) in [5.41, 5.74) is 1.07. The van der Waals surface area contributed by atoms with Crippen molar-refractivity contribution in [3.63, 3.8) is 0 Å². The number of aromatic hydroxyl groups is 2. The summed E-state index contributed by atoms with van der Waals surface area (Å²) in [5.74, 6) is 0.0743. The molecule has 2 aromatic rings. The van der Waals surface area contributed by atoms with Crippen LogP contribution in [-0.2, 0) is 4.79 Å². The fourth-order valence-electron chi connectivity index (χ4n) is 2.13. The van der Waals surface area contributed by atoms with Crippen molar-refractivity contribution in [2.24, 2.45) is 0 Å². The van der Waals surface area contributed by atoms with E-state index >= 15 is 0 Å². The van der Waals surface area contributed by atoms with E-state index in [-0.39, 0.29) is 17.2 Å². The Labute approximate surface area is 122 Å². The highest BCUT2D eigenvalue weighted by Crippen LogP contribution is 2.36. The van der Waals surface area contributed by atoms with Gasteiger partial charge in [-0.3, -0.25) is 0 Å². The van der Waals surface area contributed by atoms with Gasteiger partial charge in [-0.15, -0.1) is 0 Å². The Hall–Kier alpha value is -2.69. The second-order valence-electron chi connectivity index (χ2n) is 4.47. The lowest BCUT2D eigenvalue weighted by Crippen LogP contribution is -2.03. The number of methoxy groups -OCH3 is 2. The second-order valence-corrected chi connectivity index (χ2v) is 4.47. The van der Waals surface area contributed by atoms with Crippen LogP contribution in [0.3, 0.4) is 0 Å². The predicted octanol–water partition coefficient (Wildman–Crippen LogP) is 2.45. The molecule has 0 bridgehead atoms. The minimum atomic E-state index is -0.662. The first-order valence-corrected chi connectivity index (χ1v) is 6.29. The minimum absolute atomic E-state index is 0.00940. The maximum Gasteiger partial charge on any atom is 0.160 e. The molecule has 2 rings (SSSR count). The number of carbonyl (C=O) groups excluding carboxylic acids is 1. The first-order valence-electron chi connectivity index (χ1n) is 6.29. The average Bonchev–Trinajstić information content (AvgIpc) is 2.50. The van der Waals surface area contributed by atoms with Gasteiger partial charge in [0, 0.05) is 11.6 Å². The lowest BCUT2D eigenvalue weighted by Gasteiger charge is -2.15. The van der Waals surface area contributed by atoms with E-state index in [0.717, 1.165) is 6.29 Å². The molecule has 5 nitrogen and oxygen atoms in total. The molecule has 1 unspecified atom stereocenters. The zero-order valence-electron chi connectivity index (χ0n) is 11.7. The highest BCUT2D eigenvalue weighted by atomic mass is 16.5. The van der Waals surface area contributed by atoms with Crippen molar-refractivity contribution in [1.29, 1.82) is 0 Å². The quantitative estimate of drug-likeness (QED) is 0.826. The summed E-state index contributed by atoms with van der Waals surface area (Å²) in [6.45, 7) is 0. The molecule has 0 spiro atoms. The number of phenols is 2. The van der Waals surface area contributed by atoms with Gasteiger partial charge in [0.15, 0.2) is 11.5 Å². The van der Waals surface area contributed by atoms with Gasteiger partial charge < -0.3 is 24.5 Å². The van der Waals surface area contributed by atoms with Crippen molar-refractivity contribution < 1.29 is 24.5 Å². The molecule has 0 saturated heterocycles. The normalized spacial score (nSPS) is 11.7. The second kappa shape index (κ2) is 6.17. The highest BCUT2D eigenvalue weighted by molar-refractivity contribution is 5.71. The van der Waals surface area contributed by atoms with E-state index in [1.54, 1.807) is 24.3 Å². The van der Waals surface area contributed by atoms with Crippen LogP contribution in [0, 0.1) is 0 Å². The molecular weight excluding hydrogens is 272 g/mol. The SMILES string of the molecule is COc1ccc(C(C=O)c2ccc(O)c(OC)c2)c(O)c1. The lowest BCUT2D eigenvalue weighted by molar-refractivity contribution is -0.108. The molecule has 1 atom stereocenters. The Morgan fingerprint density at radius 1 is 1.00 bits per heavy atom. The molecule has 0 amide bonds. The number of aldehydes is 1. The number of rotatable bonds is 5. The predicted molar refractivity (Wildman–Crippen MR) is 77.2 cm³/mol. The van der Waals surface area contributed by atoms with Crippen LogP contribution in [0.5, 0.6) is 23.0 Å². The lowest BCUT2D eigenvalue weighted by atomic mass is 9.91. The van der Waals surface area contributed by atoms with Crippen molar-refractivity contribution in [1.82, 2.24) is 0 Å². The maximum atomic E-state index is 11.5. The van der Waals surface area contributed by atoms with E-state index in [1.165, 1.54) is 26.4 Å². The summed E-state index contributed by atoms with van der Waals surface area (Å²) in [7, 11) is 2.93. The molecule has 0 aliphatic heterocycles. The highest BCUT2D eigenvalue weighted by Gasteiger charge is 2.19. The number of hydrogen-bond acceptors (Lipinski definition) is 5. The molecule has 21 heavy (non-hydrogen) atoms. The van der Waals surface area contributed by atoms with Gasteiger partial charge in [0.05, 0.1) is 20.1 Å². The molecule has 0 heterocycles. The van der Waals surface area contributed by atoms with E-state index in [2.05, 4.69) is 0 Å². The molecule has 5 heteroatoms. The Bertz CT molecular complexity index is 651. The molecule has 0 radical (unpaired) electrons. The molecule has 2 aromatic carbocycles. The zero-order chi connectivity index (χ0) is 15.4. The largest absolute Gasteiger partial charge is 0.507 e. The number of hydrogen-bond donors (Lipinski definition) is 2. The monoisotopic (exact) mass is 288 g/mol. The Morgan fingerprint density at radius 2 is 1.76 bits per heavy atom. The van der Waals surface area contributed by atoms with Gasteiger partial charge >= 0.3 is 0 Å². The van der Waals surface area contributed by atoms with Gasteiger partial charge in [-0.1, -0.05) is 12.1 Å². The third kappa shape index (κ3) is 2.91. The fraction of sp³-hybridized carbons (Fsp3) is 0.188. The van der Waals surface area contributed by atoms with Crippen molar-refractivity contribution in [3.05, 3.63) is 47.5 Å². The summed E-state index contributed by atoms with van der Waals surface area (Å²) in [4.78, 5) is 11.5. The first kappa shape index (κ1) is 14.7. The van der Waals surface area contributed by atoms with Crippen molar-refractivity contribution in [2.45, 2.75) is 5.92 Å². The van der Waals surface area contributed by atoms with Crippen LogP contribution in [0.15, 0.2) is 36.4 Å². The molecule has 0 aromatic heterocycles. The average molecular weight is 288 g/mol. The topological polar surface area (TPSA) is 76.0 Å². The van der Waals surface area contributed by atoms with E-state index in [9.17, 15) is 15.0 Å². The molecule has 0 saturated carbocycles. The van der Waals surface area contributed by atoms with Gasteiger partial charge in [-0.2, -0.15) is 0 Å². The fourth-order valence-corrected chi connectivity index (χ4v) is 2.13. The number of phenolic OH excluding ortho intramolecular Hbond substituents is 2. The third-order valence-electron chi connectivity index (χ3n) is 3.27. The summed E-state index contributed by atoms with van der Waals surface area (Å²) in [5, 5.41) is 19.7. The maximum absolute atomic E-state index is 11.5. The standard InChI is InChI=1S/C16H16O5/c1-20-11-4-5-12(15(19)8-11)13(9-17)10-3-6-14(18)16(7-10)21-2/h3-9,13,18-19H,1-2H3. The number of ether oxygens (including phenoxy) is 2. The van der Waals surface area contributed by atoms with Crippen LogP contribution in [0.25, 0.3) is 0 Å². The van der Waals surface area contributed by atoms with Crippen LogP contribution < -0.4 is 9.47 Å². The molecule has 110 valence electrons. The summed E-state index contributed by atoms with van der Waals surface area (Å²) >= 11 is 0. The van der Waals surface area contributed by atoms with Crippen LogP contribution in [0.4, 0.5) is 0 Å². The van der Waals surface area contributed by atoms with Gasteiger partial charge in [0.2, 0.25) is 0 Å². The summed E-state index contributed by atoms with van der Waals surface area (Å²) in [6.07, 6.45) is 0.730. The Kier molecular flexibility index (Phi) is 4.33. The molecular formula is C16H16O5. The van der Waals surface area contributed by atoms with Crippen molar-refractivity contribution in [2.75, 3.05) is 14.2 Å². The van der Waals surface area contributed by atoms with Gasteiger partial charge in [0.1, 0.15) is 17.8 Å². The molecule has 0 aliphatic carbocycles. The summed E-state index contributed by atoms with van der Waals surface area (Å²) < 4.78 is 10.1. The van der Waals surface area contributed by atoms with E-state index in [0.29, 0.717) is 16.9 Å². The molecule has 2 N–H and O–H groups in total. The van der Waals surface area contributed by atoms with E-state index < -0.39 is 5.92 Å². The van der Waals surface area contributed by atoms with Crippen molar-refractivity contribution >= 4 is 6.29 Å². The van der Waals surface area contributed by atoms with Crippen LogP contribution in [0.1, 0.15) is 17.0 Å². The smallest absolute Gasteiger partial charge is 0.160 e. The first-order chi connectivity index (χ1) is 10.1. The Balaban J connectivity index is 2.46.